The van der Waals surface area contributed by atoms with Crippen molar-refractivity contribution in [3.63, 3.8) is 0 Å². The van der Waals surface area contributed by atoms with Crippen molar-refractivity contribution in [1.82, 2.24) is 9.13 Å². The molecule has 0 bridgehead atoms. The average Bonchev–Trinajstić information content (AvgIpc) is 3.42. The molecule has 0 radical (unpaired) electrons. The van der Waals surface area contributed by atoms with Crippen molar-refractivity contribution < 1.29 is 9.59 Å². The molecular formula is C22H26N4O2. The Morgan fingerprint density at radius 2 is 1.39 bits per heavy atom. The fourth-order valence-electron chi connectivity index (χ4n) is 3.14. The number of rotatable bonds is 7. The van der Waals surface area contributed by atoms with Gasteiger partial charge in [0.2, 0.25) is 11.8 Å². The second kappa shape index (κ2) is 8.61. The summed E-state index contributed by atoms with van der Waals surface area (Å²) < 4.78 is 3.74. The predicted octanol–water partition coefficient (Wildman–Crippen LogP) is 4.10. The Labute approximate surface area is 165 Å². The molecule has 0 saturated heterocycles. The Kier molecular flexibility index (Phi) is 5.99. The van der Waals surface area contributed by atoms with Crippen LogP contribution in [0, 0.1) is 0 Å². The van der Waals surface area contributed by atoms with Crippen LogP contribution in [0.4, 0.5) is 11.4 Å². The van der Waals surface area contributed by atoms with E-state index in [1.165, 1.54) is 0 Å². The van der Waals surface area contributed by atoms with Gasteiger partial charge < -0.3 is 19.4 Å². The lowest BCUT2D eigenvalue weighted by Crippen LogP contribution is -2.36. The quantitative estimate of drug-likeness (QED) is 0.673. The van der Waals surface area contributed by atoms with E-state index in [2.05, 4.69) is 5.32 Å². The van der Waals surface area contributed by atoms with E-state index in [1.807, 2.05) is 103 Å². The van der Waals surface area contributed by atoms with Crippen molar-refractivity contribution in [3.8, 4) is 0 Å². The van der Waals surface area contributed by atoms with Crippen molar-refractivity contribution in [2.24, 2.45) is 0 Å². The second-order valence-electron chi connectivity index (χ2n) is 6.73. The maximum absolute atomic E-state index is 12.9. The number of nitrogens with zero attached hydrogens (tertiary/aromatic N) is 3. The molecule has 3 rings (SSSR count). The first-order chi connectivity index (χ1) is 13.5. The minimum absolute atomic E-state index is 0.0247. The molecule has 0 aliphatic rings. The van der Waals surface area contributed by atoms with Gasteiger partial charge in [-0.1, -0.05) is 0 Å². The number of amides is 2. The highest BCUT2D eigenvalue weighted by Gasteiger charge is 2.21. The number of benzene rings is 1. The Morgan fingerprint density at radius 1 is 0.893 bits per heavy atom. The number of carbonyl (C=O) groups is 2. The van der Waals surface area contributed by atoms with Gasteiger partial charge in [-0.15, -0.1) is 0 Å². The first-order valence-corrected chi connectivity index (χ1v) is 9.48. The molecular weight excluding hydrogens is 352 g/mol. The molecule has 1 aromatic carbocycles. The van der Waals surface area contributed by atoms with Gasteiger partial charge in [0.25, 0.3) is 0 Å². The highest BCUT2D eigenvalue weighted by atomic mass is 16.2. The summed E-state index contributed by atoms with van der Waals surface area (Å²) in [5, 5.41) is 2.92. The summed E-state index contributed by atoms with van der Waals surface area (Å²) in [7, 11) is 0. The Bertz CT molecular complexity index is 899. The van der Waals surface area contributed by atoms with Gasteiger partial charge in [0, 0.05) is 42.7 Å². The Morgan fingerprint density at radius 3 is 1.89 bits per heavy atom. The third kappa shape index (κ3) is 4.17. The molecule has 28 heavy (non-hydrogen) atoms. The maximum Gasteiger partial charge on any atom is 0.249 e. The molecule has 2 aromatic heterocycles. The molecule has 0 fully saturated rings. The molecule has 6 nitrogen and oxygen atoms in total. The summed E-state index contributed by atoms with van der Waals surface area (Å²) in [6, 6.07) is 14.4. The number of nitrogens with one attached hydrogen (secondary N) is 1. The SMILES string of the molecule is CCN(C(=O)C(C)n1cccc1)c1ccc(NC(=O)C(C)n2cccc2)cc1. The van der Waals surface area contributed by atoms with E-state index in [1.54, 1.807) is 4.90 Å². The molecule has 2 unspecified atom stereocenters. The molecule has 6 heteroatoms. The van der Waals surface area contributed by atoms with Crippen LogP contribution in [0.1, 0.15) is 32.9 Å². The highest BCUT2D eigenvalue weighted by molar-refractivity contribution is 5.97. The molecule has 0 spiro atoms. The Balaban J connectivity index is 1.68. The van der Waals surface area contributed by atoms with Gasteiger partial charge in [-0.2, -0.15) is 0 Å². The fraction of sp³-hybridized carbons (Fsp3) is 0.273. The molecule has 0 aliphatic heterocycles. The molecule has 0 saturated carbocycles. The molecule has 146 valence electrons. The normalized spacial score (nSPS) is 13.0. The van der Waals surface area contributed by atoms with Crippen LogP contribution in [0.25, 0.3) is 0 Å². The number of likely N-dealkylation sites (N-methyl/N-ethyl adjacent to an activating group) is 1. The number of anilines is 2. The van der Waals surface area contributed by atoms with Crippen molar-refractivity contribution in [3.05, 3.63) is 73.3 Å². The summed E-state index contributed by atoms with van der Waals surface area (Å²) in [5.41, 5.74) is 1.51. The lowest BCUT2D eigenvalue weighted by molar-refractivity contribution is -0.121. The molecule has 1 N–H and O–H groups in total. The van der Waals surface area contributed by atoms with Gasteiger partial charge in [-0.3, -0.25) is 9.59 Å². The lowest BCUT2D eigenvalue weighted by Gasteiger charge is -2.25. The number of aromatic nitrogens is 2. The summed E-state index contributed by atoms with van der Waals surface area (Å²) in [6.07, 6.45) is 7.51. The molecule has 3 aromatic rings. The van der Waals surface area contributed by atoms with Crippen molar-refractivity contribution in [2.75, 3.05) is 16.8 Å². The van der Waals surface area contributed by atoms with Crippen molar-refractivity contribution in [2.45, 2.75) is 32.9 Å². The van der Waals surface area contributed by atoms with E-state index in [0.29, 0.717) is 12.2 Å². The molecule has 0 aliphatic carbocycles. The number of hydrogen-bond donors (Lipinski definition) is 1. The van der Waals surface area contributed by atoms with Crippen LogP contribution in [0.5, 0.6) is 0 Å². The van der Waals surface area contributed by atoms with Gasteiger partial charge >= 0.3 is 0 Å². The van der Waals surface area contributed by atoms with E-state index in [-0.39, 0.29) is 23.9 Å². The van der Waals surface area contributed by atoms with Crippen LogP contribution in [0.15, 0.2) is 73.3 Å². The fourth-order valence-corrected chi connectivity index (χ4v) is 3.14. The maximum atomic E-state index is 12.9. The number of carbonyl (C=O) groups excluding carboxylic acids is 2. The minimum atomic E-state index is -0.300. The van der Waals surface area contributed by atoms with E-state index >= 15 is 0 Å². The zero-order valence-corrected chi connectivity index (χ0v) is 16.4. The first-order valence-electron chi connectivity index (χ1n) is 9.48. The monoisotopic (exact) mass is 378 g/mol. The van der Waals surface area contributed by atoms with E-state index in [0.717, 1.165) is 5.69 Å². The van der Waals surface area contributed by atoms with E-state index in [9.17, 15) is 9.59 Å². The van der Waals surface area contributed by atoms with Gasteiger partial charge in [-0.05, 0) is 69.3 Å². The second-order valence-corrected chi connectivity index (χ2v) is 6.73. The van der Waals surface area contributed by atoms with Crippen LogP contribution in [-0.4, -0.2) is 27.5 Å². The van der Waals surface area contributed by atoms with Gasteiger partial charge in [0.05, 0.1) is 0 Å². The molecule has 2 heterocycles. The standard InChI is InChI=1S/C22H26N4O2/c1-4-26(22(28)18(3)25-15-7-8-16-25)20-11-9-19(10-12-20)23-21(27)17(2)24-13-5-6-14-24/h5-18H,4H2,1-3H3,(H,23,27). The average molecular weight is 378 g/mol. The van der Waals surface area contributed by atoms with Crippen LogP contribution < -0.4 is 10.2 Å². The van der Waals surface area contributed by atoms with Gasteiger partial charge in [0.15, 0.2) is 0 Å². The molecule has 2 atom stereocenters. The summed E-state index contributed by atoms with van der Waals surface area (Å²) in [6.45, 7) is 6.27. The summed E-state index contributed by atoms with van der Waals surface area (Å²) >= 11 is 0. The highest BCUT2D eigenvalue weighted by Crippen LogP contribution is 2.22. The summed E-state index contributed by atoms with van der Waals surface area (Å²) in [5.74, 6) is -0.0645. The largest absolute Gasteiger partial charge is 0.342 e. The van der Waals surface area contributed by atoms with E-state index < -0.39 is 0 Å². The van der Waals surface area contributed by atoms with E-state index in [4.69, 9.17) is 0 Å². The van der Waals surface area contributed by atoms with Crippen molar-refractivity contribution in [1.29, 1.82) is 0 Å². The van der Waals surface area contributed by atoms with Crippen molar-refractivity contribution >= 4 is 23.2 Å². The van der Waals surface area contributed by atoms with Crippen LogP contribution in [0.2, 0.25) is 0 Å². The minimum Gasteiger partial charge on any atom is -0.342 e. The van der Waals surface area contributed by atoms with Crippen LogP contribution >= 0.6 is 0 Å². The smallest absolute Gasteiger partial charge is 0.249 e. The predicted molar refractivity (Wildman–Crippen MR) is 111 cm³/mol. The third-order valence-corrected chi connectivity index (χ3v) is 4.92. The zero-order valence-electron chi connectivity index (χ0n) is 16.4. The zero-order chi connectivity index (χ0) is 20.1. The van der Waals surface area contributed by atoms with Gasteiger partial charge in [0.1, 0.15) is 12.1 Å². The van der Waals surface area contributed by atoms with Gasteiger partial charge in [-0.25, -0.2) is 0 Å². The van der Waals surface area contributed by atoms with Crippen LogP contribution in [-0.2, 0) is 9.59 Å². The third-order valence-electron chi connectivity index (χ3n) is 4.92. The topological polar surface area (TPSA) is 59.3 Å². The summed E-state index contributed by atoms with van der Waals surface area (Å²) in [4.78, 5) is 27.1. The number of hydrogen-bond acceptors (Lipinski definition) is 2. The first kappa shape index (κ1) is 19.5. The van der Waals surface area contributed by atoms with Crippen LogP contribution in [0.3, 0.4) is 0 Å². The Hall–Kier alpha value is -3.28. The lowest BCUT2D eigenvalue weighted by atomic mass is 10.2. The molecule has 2 amide bonds.